The maximum Gasteiger partial charge on any atom is 0.284 e. The van der Waals surface area contributed by atoms with Crippen molar-refractivity contribution in [2.24, 2.45) is 5.84 Å². The molecule has 0 spiro atoms. The fraction of sp³-hybridized carbons (Fsp3) is 0. The first-order valence-corrected chi connectivity index (χ1v) is 4.05. The Morgan fingerprint density at radius 3 is 2.92 bits per heavy atom. The Morgan fingerprint density at radius 2 is 2.42 bits per heavy atom. The molecule has 0 saturated carbocycles. The van der Waals surface area contributed by atoms with Gasteiger partial charge in [-0.2, -0.15) is 0 Å². The van der Waals surface area contributed by atoms with Crippen LogP contribution < -0.4 is 11.3 Å². The molecule has 0 bridgehead atoms. The van der Waals surface area contributed by atoms with Crippen molar-refractivity contribution >= 4 is 28.5 Å². The number of rotatable bonds is 1. The van der Waals surface area contributed by atoms with Crippen molar-refractivity contribution in [3.8, 4) is 0 Å². The second kappa shape index (κ2) is 3.76. The maximum atomic E-state index is 12.5. The number of carbonyl (C=O) groups is 1. The number of amides is 1. The van der Waals surface area contributed by atoms with Gasteiger partial charge in [-0.15, -0.1) is 0 Å². The molecule has 0 unspecified atom stereocenters. The van der Waals surface area contributed by atoms with E-state index in [9.17, 15) is 9.18 Å². The minimum Gasteiger partial charge on any atom is -0.289 e. The number of halogens is 2. The number of nitrogens with two attached hydrogens (primary N) is 1. The van der Waals surface area contributed by atoms with Gasteiger partial charge in [0.2, 0.25) is 0 Å². The van der Waals surface area contributed by atoms with E-state index in [2.05, 4.69) is 4.98 Å². The minimum absolute atomic E-state index is 0.125. The van der Waals surface area contributed by atoms with Crippen LogP contribution in [0.2, 0.25) is 0 Å². The zero-order chi connectivity index (χ0) is 9.14. The van der Waals surface area contributed by atoms with Crippen molar-refractivity contribution in [1.29, 1.82) is 0 Å². The number of nitrogens with zero attached hydrogens (tertiary/aromatic N) is 1. The Hall–Kier alpha value is -0.760. The van der Waals surface area contributed by atoms with Gasteiger partial charge >= 0.3 is 0 Å². The van der Waals surface area contributed by atoms with Crippen molar-refractivity contribution in [2.75, 3.05) is 0 Å². The van der Waals surface area contributed by atoms with Crippen LogP contribution in [0.5, 0.6) is 0 Å². The third-order valence-electron chi connectivity index (χ3n) is 1.15. The van der Waals surface area contributed by atoms with Crippen LogP contribution in [0.25, 0.3) is 0 Å². The summed E-state index contributed by atoms with van der Waals surface area (Å²) in [7, 11) is 0. The molecule has 1 rings (SSSR count). The molecule has 0 aliphatic rings. The number of pyridine rings is 1. The van der Waals surface area contributed by atoms with E-state index in [4.69, 9.17) is 5.84 Å². The Kier molecular flexibility index (Phi) is 2.93. The lowest BCUT2D eigenvalue weighted by atomic mass is 10.3. The number of carbonyl (C=O) groups excluding carboxylic acids is 1. The smallest absolute Gasteiger partial charge is 0.284 e. The molecule has 1 amide bonds. The van der Waals surface area contributed by atoms with Crippen LogP contribution in [-0.4, -0.2) is 10.9 Å². The van der Waals surface area contributed by atoms with Crippen LogP contribution in [0, 0.1) is 9.39 Å². The van der Waals surface area contributed by atoms with E-state index in [1.807, 2.05) is 5.43 Å². The molecule has 0 aliphatic carbocycles. The first kappa shape index (κ1) is 9.33. The Balaban J connectivity index is 3.09. The molecule has 0 atom stereocenters. The lowest BCUT2D eigenvalue weighted by Crippen LogP contribution is -2.31. The van der Waals surface area contributed by atoms with Gasteiger partial charge in [0.15, 0.2) is 0 Å². The quantitative estimate of drug-likeness (QED) is 0.339. The van der Waals surface area contributed by atoms with Crippen molar-refractivity contribution in [1.82, 2.24) is 10.4 Å². The predicted octanol–water partition coefficient (Wildman–Crippen LogP) is 0.429. The van der Waals surface area contributed by atoms with E-state index < -0.39 is 11.7 Å². The second-order valence-corrected chi connectivity index (χ2v) is 3.12. The molecule has 4 nitrogen and oxygen atoms in total. The van der Waals surface area contributed by atoms with Crippen LogP contribution in [-0.2, 0) is 0 Å². The van der Waals surface area contributed by atoms with E-state index in [-0.39, 0.29) is 5.69 Å². The lowest BCUT2D eigenvalue weighted by Gasteiger charge is -2.00. The third kappa shape index (κ3) is 1.89. The first-order chi connectivity index (χ1) is 5.65. The lowest BCUT2D eigenvalue weighted by molar-refractivity contribution is 0.0947. The summed E-state index contributed by atoms with van der Waals surface area (Å²) in [6.07, 6.45) is 0.965. The molecule has 0 aliphatic heterocycles. The van der Waals surface area contributed by atoms with Gasteiger partial charge in [-0.05, 0) is 28.7 Å². The number of nitrogen functional groups attached to an aromatic ring is 1. The summed E-state index contributed by atoms with van der Waals surface area (Å²) in [4.78, 5) is 14.5. The fourth-order valence-corrected chi connectivity index (χ4v) is 1.33. The molecular formula is C6H5FIN3O. The van der Waals surface area contributed by atoms with Crippen molar-refractivity contribution in [2.45, 2.75) is 0 Å². The molecule has 12 heavy (non-hydrogen) atoms. The van der Waals surface area contributed by atoms with Gasteiger partial charge in [-0.1, -0.05) is 0 Å². The number of hydrogen-bond donors (Lipinski definition) is 2. The number of nitrogens with one attached hydrogen (secondary N) is 1. The number of hydrazine groups is 1. The van der Waals surface area contributed by atoms with E-state index in [0.29, 0.717) is 3.57 Å². The van der Waals surface area contributed by atoms with Gasteiger partial charge < -0.3 is 0 Å². The Bertz CT molecular complexity index is 318. The summed E-state index contributed by atoms with van der Waals surface area (Å²) in [5, 5.41) is 0. The van der Waals surface area contributed by atoms with Crippen LogP contribution in [0.1, 0.15) is 10.5 Å². The highest BCUT2D eigenvalue weighted by Gasteiger charge is 2.10. The summed E-state index contributed by atoms with van der Waals surface area (Å²) < 4.78 is 12.9. The predicted molar refractivity (Wildman–Crippen MR) is 48.6 cm³/mol. The second-order valence-electron chi connectivity index (χ2n) is 1.96. The zero-order valence-corrected chi connectivity index (χ0v) is 8.00. The summed E-state index contributed by atoms with van der Waals surface area (Å²) in [5.74, 6) is 3.87. The van der Waals surface area contributed by atoms with Crippen LogP contribution in [0.4, 0.5) is 4.39 Å². The van der Waals surface area contributed by atoms with Crippen LogP contribution in [0.3, 0.4) is 0 Å². The van der Waals surface area contributed by atoms with Crippen molar-refractivity contribution in [3.05, 3.63) is 27.3 Å². The van der Waals surface area contributed by atoms with Crippen LogP contribution in [0.15, 0.2) is 12.3 Å². The normalized spacial score (nSPS) is 9.58. The number of aromatic nitrogens is 1. The number of hydrogen-bond acceptors (Lipinski definition) is 3. The molecule has 0 aromatic carbocycles. The average Bonchev–Trinajstić information content (AvgIpc) is 2.03. The molecule has 1 aromatic rings. The molecule has 1 heterocycles. The standard InChI is InChI=1S/C6H5FIN3O/c7-3-1-4(8)5(10-2-3)6(12)11-9/h1-2H,9H2,(H,11,12). The summed E-state index contributed by atoms with van der Waals surface area (Å²) >= 11 is 1.81. The minimum atomic E-state index is -0.528. The first-order valence-electron chi connectivity index (χ1n) is 2.97. The van der Waals surface area contributed by atoms with E-state index >= 15 is 0 Å². The molecule has 1 aromatic heterocycles. The van der Waals surface area contributed by atoms with Gasteiger partial charge in [-0.3, -0.25) is 10.2 Å². The van der Waals surface area contributed by atoms with Gasteiger partial charge in [0.1, 0.15) is 11.5 Å². The summed E-state index contributed by atoms with van der Waals surface area (Å²) in [6.45, 7) is 0. The molecule has 3 N–H and O–H groups in total. The summed E-state index contributed by atoms with van der Waals surface area (Å²) in [6, 6.07) is 1.21. The zero-order valence-electron chi connectivity index (χ0n) is 5.84. The fourth-order valence-electron chi connectivity index (χ4n) is 0.650. The maximum absolute atomic E-state index is 12.5. The third-order valence-corrected chi connectivity index (χ3v) is 1.98. The highest BCUT2D eigenvalue weighted by molar-refractivity contribution is 14.1. The monoisotopic (exact) mass is 281 g/mol. The molecule has 64 valence electrons. The van der Waals surface area contributed by atoms with Crippen molar-refractivity contribution < 1.29 is 9.18 Å². The molecule has 0 fully saturated rings. The summed E-state index contributed by atoms with van der Waals surface area (Å²) in [5.41, 5.74) is 2.04. The Labute approximate surface area is 81.5 Å². The Morgan fingerprint density at radius 1 is 1.75 bits per heavy atom. The average molecular weight is 281 g/mol. The van der Waals surface area contributed by atoms with Gasteiger partial charge in [0, 0.05) is 3.57 Å². The van der Waals surface area contributed by atoms with Crippen molar-refractivity contribution in [3.63, 3.8) is 0 Å². The van der Waals surface area contributed by atoms with Crippen LogP contribution >= 0.6 is 22.6 Å². The molecule has 0 saturated heterocycles. The van der Waals surface area contributed by atoms with Gasteiger partial charge in [-0.25, -0.2) is 15.2 Å². The topological polar surface area (TPSA) is 68.0 Å². The molecular weight excluding hydrogens is 276 g/mol. The SMILES string of the molecule is NNC(=O)c1ncc(F)cc1I. The largest absolute Gasteiger partial charge is 0.289 e. The highest BCUT2D eigenvalue weighted by atomic mass is 127. The van der Waals surface area contributed by atoms with Gasteiger partial charge in [0.05, 0.1) is 6.20 Å². The van der Waals surface area contributed by atoms with E-state index in [0.717, 1.165) is 6.20 Å². The van der Waals surface area contributed by atoms with Gasteiger partial charge in [0.25, 0.3) is 5.91 Å². The van der Waals surface area contributed by atoms with E-state index in [1.54, 1.807) is 22.6 Å². The highest BCUT2D eigenvalue weighted by Crippen LogP contribution is 2.10. The van der Waals surface area contributed by atoms with E-state index in [1.165, 1.54) is 6.07 Å². The molecule has 6 heteroatoms. The molecule has 0 radical (unpaired) electrons.